The quantitative estimate of drug-likeness (QED) is 0.708. The first-order valence-corrected chi connectivity index (χ1v) is 4.97. The number of nitrogens with zero attached hydrogens (tertiary/aromatic N) is 1. The summed E-state index contributed by atoms with van der Waals surface area (Å²) in [5, 5.41) is 9.54. The molecule has 2 aromatic rings. The second kappa shape index (κ2) is 3.34. The number of aromatic nitrogens is 2. The van der Waals surface area contributed by atoms with Crippen LogP contribution in [0, 0.1) is 0 Å². The van der Waals surface area contributed by atoms with E-state index in [9.17, 15) is 4.79 Å². The zero-order chi connectivity index (χ0) is 11.0. The number of hydrogen-bond acceptors (Lipinski definition) is 2. The Morgan fingerprint density at radius 3 is 2.88 bits per heavy atom. The molecule has 1 aliphatic heterocycles. The van der Waals surface area contributed by atoms with Crippen LogP contribution in [0.15, 0.2) is 36.5 Å². The second-order valence-corrected chi connectivity index (χ2v) is 3.56. The molecule has 4 heteroatoms. The summed E-state index contributed by atoms with van der Waals surface area (Å²) in [6.45, 7) is 0. The predicted molar refractivity (Wildman–Crippen MR) is 61.5 cm³/mol. The average Bonchev–Trinajstić information content (AvgIpc) is 2.89. The highest BCUT2D eigenvalue weighted by Crippen LogP contribution is 2.32. The van der Waals surface area contributed by atoms with Crippen LogP contribution >= 0.6 is 0 Å². The molecule has 0 fully saturated rings. The van der Waals surface area contributed by atoms with E-state index < -0.39 is 0 Å². The Labute approximate surface area is 92.0 Å². The summed E-state index contributed by atoms with van der Waals surface area (Å²) >= 11 is 0. The van der Waals surface area contributed by atoms with E-state index in [2.05, 4.69) is 15.5 Å². The normalized spacial score (nSPS) is 16.2. The third-order valence-electron chi connectivity index (χ3n) is 2.52. The maximum atomic E-state index is 11.7. The molecule has 4 nitrogen and oxygen atoms in total. The molecule has 0 bridgehead atoms. The van der Waals surface area contributed by atoms with Crippen molar-refractivity contribution < 1.29 is 4.79 Å². The summed E-state index contributed by atoms with van der Waals surface area (Å²) in [6, 6.07) is 9.44. The first kappa shape index (κ1) is 8.91. The van der Waals surface area contributed by atoms with E-state index >= 15 is 0 Å². The predicted octanol–water partition coefficient (Wildman–Crippen LogP) is 1.90. The van der Waals surface area contributed by atoms with E-state index in [1.807, 2.05) is 30.3 Å². The van der Waals surface area contributed by atoms with Crippen LogP contribution < -0.4 is 5.32 Å². The number of nitrogens with one attached hydrogen (secondary N) is 2. The molecule has 1 amide bonds. The van der Waals surface area contributed by atoms with Crippen molar-refractivity contribution in [3.05, 3.63) is 47.8 Å². The van der Waals surface area contributed by atoms with Crippen molar-refractivity contribution in [3.63, 3.8) is 0 Å². The Bertz CT molecular complexity index is 570. The molecular weight excluding hydrogens is 202 g/mol. The van der Waals surface area contributed by atoms with Crippen LogP contribution in [0.5, 0.6) is 0 Å². The second-order valence-electron chi connectivity index (χ2n) is 3.56. The van der Waals surface area contributed by atoms with Gasteiger partial charge in [0.1, 0.15) is 0 Å². The lowest BCUT2D eigenvalue weighted by Crippen LogP contribution is -2.03. The first-order valence-electron chi connectivity index (χ1n) is 4.97. The molecule has 0 saturated heterocycles. The van der Waals surface area contributed by atoms with Crippen LogP contribution in [0.1, 0.15) is 11.3 Å². The maximum Gasteiger partial charge on any atom is 0.256 e. The molecule has 3 rings (SSSR count). The molecule has 0 saturated carbocycles. The highest BCUT2D eigenvalue weighted by Gasteiger charge is 2.23. The van der Waals surface area contributed by atoms with Crippen LogP contribution in [-0.2, 0) is 4.79 Å². The number of carbonyl (C=O) groups is 1. The summed E-state index contributed by atoms with van der Waals surface area (Å²) in [6.07, 6.45) is 3.50. The van der Waals surface area contributed by atoms with Crippen molar-refractivity contribution in [2.45, 2.75) is 0 Å². The Morgan fingerprint density at radius 1 is 1.19 bits per heavy atom. The van der Waals surface area contributed by atoms with Gasteiger partial charge in [-0.3, -0.25) is 9.89 Å². The third-order valence-corrected chi connectivity index (χ3v) is 2.52. The van der Waals surface area contributed by atoms with Gasteiger partial charge in [-0.25, -0.2) is 0 Å². The fraction of sp³-hybridized carbons (Fsp3) is 0. The Kier molecular flexibility index (Phi) is 1.86. The lowest BCUT2D eigenvalue weighted by atomic mass is 10.1. The van der Waals surface area contributed by atoms with Crippen LogP contribution in [0.3, 0.4) is 0 Å². The van der Waals surface area contributed by atoms with E-state index in [-0.39, 0.29) is 5.91 Å². The van der Waals surface area contributed by atoms with Gasteiger partial charge < -0.3 is 5.32 Å². The molecule has 16 heavy (non-hydrogen) atoms. The molecule has 2 N–H and O–H groups in total. The third kappa shape index (κ3) is 1.32. The van der Waals surface area contributed by atoms with Gasteiger partial charge in [-0.1, -0.05) is 18.2 Å². The highest BCUT2D eigenvalue weighted by molar-refractivity contribution is 6.34. The highest BCUT2D eigenvalue weighted by atomic mass is 16.2. The SMILES string of the molecule is O=C1Nc2ccccc2/C1=C/c1cc[nH]n1. The largest absolute Gasteiger partial charge is 0.321 e. The summed E-state index contributed by atoms with van der Waals surface area (Å²) in [4.78, 5) is 11.7. The maximum absolute atomic E-state index is 11.7. The number of carbonyl (C=O) groups excluding carboxylic acids is 1. The minimum Gasteiger partial charge on any atom is -0.321 e. The fourth-order valence-electron chi connectivity index (χ4n) is 1.78. The topological polar surface area (TPSA) is 57.8 Å². The lowest BCUT2D eigenvalue weighted by Gasteiger charge is -1.95. The Morgan fingerprint density at radius 2 is 2.06 bits per heavy atom. The number of H-pyrrole nitrogens is 1. The standard InChI is InChI=1S/C12H9N3O/c16-12-10(7-8-5-6-13-15-8)9-3-1-2-4-11(9)14-12/h1-7H,(H,13,15)(H,14,16)/b10-7-. The van der Waals surface area contributed by atoms with Crippen LogP contribution in [0.2, 0.25) is 0 Å². The van der Waals surface area contributed by atoms with E-state index in [0.717, 1.165) is 16.9 Å². The van der Waals surface area contributed by atoms with E-state index in [4.69, 9.17) is 0 Å². The van der Waals surface area contributed by atoms with Crippen molar-refractivity contribution >= 4 is 23.2 Å². The van der Waals surface area contributed by atoms with Crippen molar-refractivity contribution in [1.29, 1.82) is 0 Å². The van der Waals surface area contributed by atoms with E-state index in [1.54, 1.807) is 12.3 Å². The minimum atomic E-state index is -0.0794. The van der Waals surface area contributed by atoms with Gasteiger partial charge in [0.2, 0.25) is 0 Å². The molecule has 0 aliphatic carbocycles. The number of hydrogen-bond donors (Lipinski definition) is 2. The number of para-hydroxylation sites is 1. The van der Waals surface area contributed by atoms with Gasteiger partial charge in [0.05, 0.1) is 11.3 Å². The Balaban J connectivity index is 2.12. The number of fused-ring (bicyclic) bond motifs is 1. The summed E-state index contributed by atoms with van der Waals surface area (Å²) in [5.41, 5.74) is 3.19. The number of amides is 1. The molecular formula is C12H9N3O. The smallest absolute Gasteiger partial charge is 0.256 e. The van der Waals surface area contributed by atoms with Crippen molar-refractivity contribution in [1.82, 2.24) is 10.2 Å². The average molecular weight is 211 g/mol. The summed E-state index contributed by atoms with van der Waals surface area (Å²) in [5.74, 6) is -0.0794. The number of aromatic amines is 1. The van der Waals surface area contributed by atoms with Gasteiger partial charge in [0.25, 0.3) is 5.91 Å². The molecule has 1 aromatic carbocycles. The number of benzene rings is 1. The fourth-order valence-corrected chi connectivity index (χ4v) is 1.78. The van der Waals surface area contributed by atoms with Crippen molar-refractivity contribution in [2.75, 3.05) is 5.32 Å². The summed E-state index contributed by atoms with van der Waals surface area (Å²) < 4.78 is 0. The van der Waals surface area contributed by atoms with Gasteiger partial charge >= 0.3 is 0 Å². The molecule has 1 aliphatic rings. The molecule has 1 aromatic heterocycles. The Hall–Kier alpha value is -2.36. The zero-order valence-electron chi connectivity index (χ0n) is 8.40. The van der Waals surface area contributed by atoms with Crippen molar-refractivity contribution in [3.8, 4) is 0 Å². The van der Waals surface area contributed by atoms with Crippen LogP contribution in [-0.4, -0.2) is 16.1 Å². The van der Waals surface area contributed by atoms with Gasteiger partial charge in [0, 0.05) is 17.4 Å². The van der Waals surface area contributed by atoms with Crippen LogP contribution in [0.25, 0.3) is 11.6 Å². The molecule has 0 spiro atoms. The molecule has 2 heterocycles. The van der Waals surface area contributed by atoms with Gasteiger partial charge in [0.15, 0.2) is 0 Å². The molecule has 78 valence electrons. The number of anilines is 1. The molecule has 0 radical (unpaired) electrons. The summed E-state index contributed by atoms with van der Waals surface area (Å²) in [7, 11) is 0. The van der Waals surface area contributed by atoms with Gasteiger partial charge in [-0.15, -0.1) is 0 Å². The monoisotopic (exact) mass is 211 g/mol. The van der Waals surface area contributed by atoms with Gasteiger partial charge in [-0.2, -0.15) is 5.10 Å². The molecule has 0 atom stereocenters. The van der Waals surface area contributed by atoms with E-state index in [1.165, 1.54) is 0 Å². The van der Waals surface area contributed by atoms with Crippen LogP contribution in [0.4, 0.5) is 5.69 Å². The van der Waals surface area contributed by atoms with Crippen molar-refractivity contribution in [2.24, 2.45) is 0 Å². The zero-order valence-corrected chi connectivity index (χ0v) is 8.40. The molecule has 0 unspecified atom stereocenters. The minimum absolute atomic E-state index is 0.0794. The van der Waals surface area contributed by atoms with Gasteiger partial charge in [-0.05, 0) is 18.2 Å². The lowest BCUT2D eigenvalue weighted by molar-refractivity contribution is -0.110. The number of rotatable bonds is 1. The van der Waals surface area contributed by atoms with E-state index in [0.29, 0.717) is 5.57 Å². The first-order chi connectivity index (χ1) is 7.84.